The maximum atomic E-state index is 12.8. The molecule has 1 N–H and O–H groups in total. The first-order chi connectivity index (χ1) is 13.2. The lowest BCUT2D eigenvalue weighted by Gasteiger charge is -2.38. The number of hydrogen-bond acceptors (Lipinski definition) is 2. The number of likely N-dealkylation sites (tertiary alicyclic amines) is 1. The van der Waals surface area contributed by atoms with Crippen molar-refractivity contribution in [1.82, 2.24) is 4.90 Å². The Morgan fingerprint density at radius 2 is 1.85 bits per heavy atom. The van der Waals surface area contributed by atoms with Gasteiger partial charge in [0.05, 0.1) is 6.04 Å². The van der Waals surface area contributed by atoms with Gasteiger partial charge in [-0.3, -0.25) is 4.79 Å². The molecule has 2 aromatic rings. The highest BCUT2D eigenvalue weighted by Gasteiger charge is 2.38. The predicted octanol–water partition coefficient (Wildman–Crippen LogP) is 5.51. The van der Waals surface area contributed by atoms with Gasteiger partial charge in [0.1, 0.15) is 0 Å². The minimum atomic E-state index is 0.184. The summed E-state index contributed by atoms with van der Waals surface area (Å²) in [6, 6.07) is 15.2. The summed E-state index contributed by atoms with van der Waals surface area (Å²) in [4.78, 5) is 14.8. The molecule has 0 saturated carbocycles. The molecule has 138 valence electrons. The van der Waals surface area contributed by atoms with E-state index >= 15 is 0 Å². The van der Waals surface area contributed by atoms with Gasteiger partial charge in [-0.05, 0) is 66.6 Å². The summed E-state index contributed by atoms with van der Waals surface area (Å²) in [5.41, 5.74) is 4.58. The maximum absolute atomic E-state index is 12.8. The molecule has 3 atom stereocenters. The summed E-state index contributed by atoms with van der Waals surface area (Å²) >= 11 is 3.53. The van der Waals surface area contributed by atoms with E-state index in [9.17, 15) is 4.79 Å². The van der Waals surface area contributed by atoms with Crippen LogP contribution in [0, 0.1) is 5.92 Å². The van der Waals surface area contributed by atoms with Crippen LogP contribution in [0.25, 0.3) is 0 Å². The van der Waals surface area contributed by atoms with Crippen LogP contribution in [0.4, 0.5) is 5.69 Å². The number of halogens is 1. The van der Waals surface area contributed by atoms with E-state index in [1.54, 1.807) is 0 Å². The fourth-order valence-corrected chi connectivity index (χ4v) is 5.09. The average molecular weight is 423 g/mol. The molecule has 3 unspecified atom stereocenters. The highest BCUT2D eigenvalue weighted by Crippen LogP contribution is 2.50. The summed E-state index contributed by atoms with van der Waals surface area (Å²) in [7, 11) is 0. The minimum Gasteiger partial charge on any atom is -0.378 e. The SMILES string of the molecule is O=C(c1ccc2c(c1)C1C=CCC1C(c1ccc(Br)cc1)N2)N1CCCC1. The molecule has 4 heteroatoms. The molecule has 0 radical (unpaired) electrons. The summed E-state index contributed by atoms with van der Waals surface area (Å²) in [5.74, 6) is 1.06. The number of fused-ring (bicyclic) bond motifs is 3. The Labute approximate surface area is 168 Å². The predicted molar refractivity (Wildman–Crippen MR) is 112 cm³/mol. The third-order valence-electron chi connectivity index (χ3n) is 6.23. The fraction of sp³-hybridized carbons (Fsp3) is 0.348. The zero-order valence-electron chi connectivity index (χ0n) is 15.2. The Hall–Kier alpha value is -2.07. The van der Waals surface area contributed by atoms with Crippen molar-refractivity contribution in [2.24, 2.45) is 5.92 Å². The normalized spacial score (nSPS) is 25.8. The van der Waals surface area contributed by atoms with Crippen molar-refractivity contribution in [2.75, 3.05) is 18.4 Å². The Morgan fingerprint density at radius 1 is 1.07 bits per heavy atom. The molecule has 1 aliphatic carbocycles. The summed E-state index contributed by atoms with van der Waals surface area (Å²) in [5, 5.41) is 3.76. The van der Waals surface area contributed by atoms with Crippen LogP contribution < -0.4 is 5.32 Å². The van der Waals surface area contributed by atoms with Gasteiger partial charge in [-0.25, -0.2) is 0 Å². The van der Waals surface area contributed by atoms with Crippen molar-refractivity contribution in [3.63, 3.8) is 0 Å². The number of nitrogens with zero attached hydrogens (tertiary/aromatic N) is 1. The number of anilines is 1. The van der Waals surface area contributed by atoms with E-state index in [1.165, 1.54) is 11.1 Å². The lowest BCUT2D eigenvalue weighted by atomic mass is 9.76. The smallest absolute Gasteiger partial charge is 0.253 e. The van der Waals surface area contributed by atoms with Crippen LogP contribution in [0.5, 0.6) is 0 Å². The van der Waals surface area contributed by atoms with Crippen molar-refractivity contribution in [3.8, 4) is 0 Å². The number of rotatable bonds is 2. The van der Waals surface area contributed by atoms with Gasteiger partial charge in [0.15, 0.2) is 0 Å². The molecule has 1 amide bonds. The van der Waals surface area contributed by atoms with Gasteiger partial charge < -0.3 is 10.2 Å². The Bertz CT molecular complexity index is 899. The molecule has 0 bridgehead atoms. The van der Waals surface area contributed by atoms with Crippen LogP contribution in [0.15, 0.2) is 59.1 Å². The zero-order chi connectivity index (χ0) is 18.4. The molecular formula is C23H23BrN2O. The van der Waals surface area contributed by atoms with E-state index in [2.05, 4.69) is 69.8 Å². The number of carbonyl (C=O) groups excluding carboxylic acids is 1. The fourth-order valence-electron chi connectivity index (χ4n) is 4.83. The van der Waals surface area contributed by atoms with Crippen LogP contribution in [0.3, 0.4) is 0 Å². The maximum Gasteiger partial charge on any atom is 0.253 e. The van der Waals surface area contributed by atoms with Crippen LogP contribution in [0.2, 0.25) is 0 Å². The molecular weight excluding hydrogens is 400 g/mol. The van der Waals surface area contributed by atoms with E-state index in [0.29, 0.717) is 17.9 Å². The third-order valence-corrected chi connectivity index (χ3v) is 6.76. The van der Waals surface area contributed by atoms with Gasteiger partial charge in [0, 0.05) is 34.7 Å². The van der Waals surface area contributed by atoms with Gasteiger partial charge in [0.25, 0.3) is 5.91 Å². The molecule has 1 saturated heterocycles. The van der Waals surface area contributed by atoms with Crippen LogP contribution in [-0.2, 0) is 0 Å². The first-order valence-corrected chi connectivity index (χ1v) is 10.6. The zero-order valence-corrected chi connectivity index (χ0v) is 16.8. The monoisotopic (exact) mass is 422 g/mol. The van der Waals surface area contributed by atoms with Gasteiger partial charge in [-0.1, -0.05) is 40.2 Å². The average Bonchev–Trinajstić information content (AvgIpc) is 3.39. The molecule has 5 rings (SSSR count). The second kappa shape index (κ2) is 6.83. The lowest BCUT2D eigenvalue weighted by molar-refractivity contribution is 0.0792. The molecule has 0 aromatic heterocycles. The van der Waals surface area contributed by atoms with Crippen molar-refractivity contribution < 1.29 is 4.79 Å². The van der Waals surface area contributed by atoms with Crippen molar-refractivity contribution in [1.29, 1.82) is 0 Å². The topological polar surface area (TPSA) is 32.3 Å². The summed E-state index contributed by atoms with van der Waals surface area (Å²) in [6.07, 6.45) is 7.95. The molecule has 1 fully saturated rings. The first-order valence-electron chi connectivity index (χ1n) is 9.82. The van der Waals surface area contributed by atoms with Crippen molar-refractivity contribution in [2.45, 2.75) is 31.2 Å². The number of carbonyl (C=O) groups is 1. The first kappa shape index (κ1) is 17.1. The van der Waals surface area contributed by atoms with E-state index in [-0.39, 0.29) is 5.91 Å². The molecule has 3 aliphatic rings. The number of benzene rings is 2. The number of nitrogens with one attached hydrogen (secondary N) is 1. The van der Waals surface area contributed by atoms with Crippen molar-refractivity contribution >= 4 is 27.5 Å². The van der Waals surface area contributed by atoms with Crippen LogP contribution in [0.1, 0.15) is 52.7 Å². The van der Waals surface area contributed by atoms with E-state index in [4.69, 9.17) is 0 Å². The summed E-state index contributed by atoms with van der Waals surface area (Å²) < 4.78 is 1.11. The molecule has 2 aromatic carbocycles. The highest BCUT2D eigenvalue weighted by atomic mass is 79.9. The van der Waals surface area contributed by atoms with E-state index in [1.807, 2.05) is 11.0 Å². The highest BCUT2D eigenvalue weighted by molar-refractivity contribution is 9.10. The molecule has 2 aliphatic heterocycles. The number of amides is 1. The van der Waals surface area contributed by atoms with Gasteiger partial charge in [-0.15, -0.1) is 0 Å². The van der Waals surface area contributed by atoms with Crippen molar-refractivity contribution in [3.05, 3.63) is 75.8 Å². The number of hydrogen-bond donors (Lipinski definition) is 1. The molecule has 3 nitrogen and oxygen atoms in total. The Morgan fingerprint density at radius 3 is 2.63 bits per heavy atom. The largest absolute Gasteiger partial charge is 0.378 e. The van der Waals surface area contributed by atoms with Gasteiger partial charge >= 0.3 is 0 Å². The Kier molecular flexibility index (Phi) is 4.31. The molecule has 2 heterocycles. The second-order valence-electron chi connectivity index (χ2n) is 7.83. The lowest BCUT2D eigenvalue weighted by Crippen LogP contribution is -2.30. The van der Waals surface area contributed by atoms with Gasteiger partial charge in [-0.2, -0.15) is 0 Å². The third kappa shape index (κ3) is 3.00. The molecule has 27 heavy (non-hydrogen) atoms. The standard InChI is InChI=1S/C23H23BrN2O/c24-17-9-6-15(7-10-17)22-19-5-3-4-18(19)20-14-16(8-11-21(20)25-22)23(27)26-12-1-2-13-26/h3-4,6-11,14,18-19,22,25H,1-2,5,12-13H2. The van der Waals surface area contributed by atoms with Crippen LogP contribution in [-0.4, -0.2) is 23.9 Å². The quantitative estimate of drug-likeness (QED) is 0.646. The minimum absolute atomic E-state index is 0.184. The molecule has 0 spiro atoms. The van der Waals surface area contributed by atoms with E-state index in [0.717, 1.165) is 48.1 Å². The Balaban J connectivity index is 1.49. The summed E-state index contributed by atoms with van der Waals surface area (Å²) in [6.45, 7) is 1.79. The van der Waals surface area contributed by atoms with Crippen LogP contribution >= 0.6 is 15.9 Å². The second-order valence-corrected chi connectivity index (χ2v) is 8.74. The van der Waals surface area contributed by atoms with E-state index < -0.39 is 0 Å². The van der Waals surface area contributed by atoms with Gasteiger partial charge in [0.2, 0.25) is 0 Å². The number of allylic oxidation sites excluding steroid dienone is 2.